The van der Waals surface area contributed by atoms with Crippen LogP contribution in [0.15, 0.2) is 22.7 Å². The molecule has 0 radical (unpaired) electrons. The van der Waals surface area contributed by atoms with Gasteiger partial charge in [0.1, 0.15) is 0 Å². The number of carbonyl (C=O) groups is 1. The van der Waals surface area contributed by atoms with E-state index in [9.17, 15) is 4.79 Å². The predicted molar refractivity (Wildman–Crippen MR) is 75.1 cm³/mol. The van der Waals surface area contributed by atoms with E-state index in [0.717, 1.165) is 10.9 Å². The Hall–Kier alpha value is -0.580. The minimum absolute atomic E-state index is 0.0215. The second-order valence-electron chi connectivity index (χ2n) is 4.48. The van der Waals surface area contributed by atoms with Gasteiger partial charge in [-0.15, -0.1) is 0 Å². The van der Waals surface area contributed by atoms with Crippen LogP contribution in [0.5, 0.6) is 0 Å². The third-order valence-electron chi connectivity index (χ3n) is 3.32. The number of ether oxygens (including phenoxy) is 1. The molecule has 3 nitrogen and oxygen atoms in total. The summed E-state index contributed by atoms with van der Waals surface area (Å²) in [4.78, 5) is 14.1. The first kappa shape index (κ1) is 13.8. The summed E-state index contributed by atoms with van der Waals surface area (Å²) in [5.41, 5.74) is 0.602. The quantitative estimate of drug-likeness (QED) is 0.831. The van der Waals surface area contributed by atoms with Crippen LogP contribution in [0.2, 0.25) is 5.02 Å². The molecule has 0 spiro atoms. The van der Waals surface area contributed by atoms with Crippen molar-refractivity contribution in [3.63, 3.8) is 0 Å². The molecule has 5 heteroatoms. The lowest BCUT2D eigenvalue weighted by atomic mass is 10.1. The lowest BCUT2D eigenvalue weighted by molar-refractivity contribution is 0.0574. The molecule has 1 aromatic rings. The van der Waals surface area contributed by atoms with Crippen LogP contribution in [0, 0.1) is 0 Å². The molecule has 0 N–H and O–H groups in total. The Labute approximate surface area is 120 Å². The Balaban J connectivity index is 2.17. The van der Waals surface area contributed by atoms with Crippen molar-refractivity contribution < 1.29 is 9.53 Å². The Kier molecular flexibility index (Phi) is 4.30. The van der Waals surface area contributed by atoms with Gasteiger partial charge < -0.3 is 9.64 Å². The number of amides is 1. The number of benzene rings is 1. The summed E-state index contributed by atoms with van der Waals surface area (Å²) in [6.45, 7) is 2.71. The van der Waals surface area contributed by atoms with E-state index >= 15 is 0 Å². The Morgan fingerprint density at radius 1 is 1.56 bits per heavy atom. The Morgan fingerprint density at radius 2 is 2.28 bits per heavy atom. The first-order valence-electron chi connectivity index (χ1n) is 5.84. The van der Waals surface area contributed by atoms with E-state index in [1.165, 1.54) is 0 Å². The lowest BCUT2D eigenvalue weighted by Gasteiger charge is -2.26. The molecule has 0 aliphatic carbocycles. The second kappa shape index (κ2) is 5.59. The maximum Gasteiger partial charge on any atom is 0.253 e. The fourth-order valence-corrected chi connectivity index (χ4v) is 2.64. The Morgan fingerprint density at radius 3 is 2.83 bits per heavy atom. The van der Waals surface area contributed by atoms with Gasteiger partial charge in [-0.3, -0.25) is 4.79 Å². The number of likely N-dealkylation sites (N-methyl/N-ethyl adjacent to an activating group) is 1. The highest BCUT2D eigenvalue weighted by Crippen LogP contribution is 2.25. The minimum atomic E-state index is -0.0215. The van der Waals surface area contributed by atoms with E-state index in [4.69, 9.17) is 16.3 Å². The van der Waals surface area contributed by atoms with Gasteiger partial charge in [-0.1, -0.05) is 11.6 Å². The summed E-state index contributed by atoms with van der Waals surface area (Å²) in [6.07, 6.45) is 0.970. The molecule has 1 fully saturated rings. The molecule has 1 saturated heterocycles. The zero-order valence-corrected chi connectivity index (χ0v) is 12.7. The van der Waals surface area contributed by atoms with Crippen molar-refractivity contribution in [3.8, 4) is 0 Å². The van der Waals surface area contributed by atoms with Crippen molar-refractivity contribution >= 4 is 33.4 Å². The van der Waals surface area contributed by atoms with E-state index in [1.54, 1.807) is 23.1 Å². The molecular weight excluding hydrogens is 318 g/mol. The second-order valence-corrected chi connectivity index (χ2v) is 5.74. The number of carbonyl (C=O) groups excluding carboxylic acids is 1. The van der Waals surface area contributed by atoms with Crippen LogP contribution >= 0.6 is 27.5 Å². The van der Waals surface area contributed by atoms with E-state index in [0.29, 0.717) is 17.2 Å². The lowest BCUT2D eigenvalue weighted by Crippen LogP contribution is -2.41. The van der Waals surface area contributed by atoms with Crippen molar-refractivity contribution in [3.05, 3.63) is 33.3 Å². The first-order valence-corrected chi connectivity index (χ1v) is 7.01. The number of halogens is 2. The average Bonchev–Trinajstić information content (AvgIpc) is 2.77. The molecule has 1 amide bonds. The van der Waals surface area contributed by atoms with Gasteiger partial charge in [0.25, 0.3) is 5.91 Å². The highest BCUT2D eigenvalue weighted by molar-refractivity contribution is 9.10. The van der Waals surface area contributed by atoms with Crippen LogP contribution < -0.4 is 0 Å². The molecule has 2 unspecified atom stereocenters. The molecule has 98 valence electrons. The molecule has 1 heterocycles. The third-order valence-corrected chi connectivity index (χ3v) is 4.55. The van der Waals surface area contributed by atoms with Crippen LogP contribution in [0.4, 0.5) is 0 Å². The summed E-state index contributed by atoms with van der Waals surface area (Å²) >= 11 is 9.32. The zero-order chi connectivity index (χ0) is 13.3. The van der Waals surface area contributed by atoms with Gasteiger partial charge in [0.2, 0.25) is 0 Å². The van der Waals surface area contributed by atoms with Crippen LogP contribution in [-0.2, 0) is 4.74 Å². The molecule has 2 atom stereocenters. The molecule has 18 heavy (non-hydrogen) atoms. The van der Waals surface area contributed by atoms with Crippen LogP contribution in [0.25, 0.3) is 0 Å². The van der Waals surface area contributed by atoms with Gasteiger partial charge in [-0.2, -0.15) is 0 Å². The summed E-state index contributed by atoms with van der Waals surface area (Å²) in [6, 6.07) is 5.39. The summed E-state index contributed by atoms with van der Waals surface area (Å²) < 4.78 is 6.28. The fraction of sp³-hybridized carbons (Fsp3) is 0.462. The number of hydrogen-bond acceptors (Lipinski definition) is 2. The van der Waals surface area contributed by atoms with Gasteiger partial charge in [0, 0.05) is 23.7 Å². The number of rotatable bonds is 2. The van der Waals surface area contributed by atoms with Crippen molar-refractivity contribution in [1.29, 1.82) is 0 Å². The molecular formula is C13H15BrClNO2. The van der Waals surface area contributed by atoms with E-state index in [1.807, 2.05) is 14.0 Å². The average molecular weight is 333 g/mol. The standard InChI is InChI=1S/C13H15BrClNO2/c1-8-12(5-6-18-8)16(2)13(17)9-3-4-10(14)11(15)7-9/h3-4,7-8,12H,5-6H2,1-2H3. The van der Waals surface area contributed by atoms with Crippen LogP contribution in [0.3, 0.4) is 0 Å². The van der Waals surface area contributed by atoms with E-state index in [-0.39, 0.29) is 18.1 Å². The number of nitrogens with zero attached hydrogens (tertiary/aromatic N) is 1. The topological polar surface area (TPSA) is 29.5 Å². The van der Waals surface area contributed by atoms with Crippen molar-refractivity contribution in [2.24, 2.45) is 0 Å². The van der Waals surface area contributed by atoms with Crippen molar-refractivity contribution in [2.45, 2.75) is 25.5 Å². The normalized spacial score (nSPS) is 23.1. The molecule has 1 aliphatic heterocycles. The van der Waals surface area contributed by atoms with Gasteiger partial charge in [0.05, 0.1) is 17.2 Å². The van der Waals surface area contributed by atoms with E-state index < -0.39 is 0 Å². The third kappa shape index (κ3) is 2.71. The maximum atomic E-state index is 12.3. The summed E-state index contributed by atoms with van der Waals surface area (Å²) in [7, 11) is 1.81. The number of hydrogen-bond donors (Lipinski definition) is 0. The monoisotopic (exact) mass is 331 g/mol. The van der Waals surface area contributed by atoms with Gasteiger partial charge in [0.15, 0.2) is 0 Å². The minimum Gasteiger partial charge on any atom is -0.376 e. The fourth-order valence-electron chi connectivity index (χ4n) is 2.21. The predicted octanol–water partition coefficient (Wildman–Crippen LogP) is 3.35. The van der Waals surface area contributed by atoms with Crippen molar-refractivity contribution in [2.75, 3.05) is 13.7 Å². The maximum absolute atomic E-state index is 12.3. The van der Waals surface area contributed by atoms with Gasteiger partial charge in [-0.05, 0) is 47.5 Å². The van der Waals surface area contributed by atoms with Gasteiger partial charge >= 0.3 is 0 Å². The smallest absolute Gasteiger partial charge is 0.253 e. The largest absolute Gasteiger partial charge is 0.376 e. The first-order chi connectivity index (χ1) is 8.50. The molecule has 1 aromatic carbocycles. The highest BCUT2D eigenvalue weighted by Gasteiger charge is 2.31. The molecule has 0 saturated carbocycles. The molecule has 2 rings (SSSR count). The van der Waals surface area contributed by atoms with E-state index in [2.05, 4.69) is 15.9 Å². The summed E-state index contributed by atoms with van der Waals surface area (Å²) in [5.74, 6) is -0.0215. The SMILES string of the molecule is CC1OCCC1N(C)C(=O)c1ccc(Br)c(Cl)c1. The Bertz CT molecular complexity index is 466. The van der Waals surface area contributed by atoms with Crippen molar-refractivity contribution in [1.82, 2.24) is 4.90 Å². The van der Waals surface area contributed by atoms with Gasteiger partial charge in [-0.25, -0.2) is 0 Å². The molecule has 0 aromatic heterocycles. The van der Waals surface area contributed by atoms with Crippen LogP contribution in [0.1, 0.15) is 23.7 Å². The van der Waals surface area contributed by atoms with Crippen LogP contribution in [-0.4, -0.2) is 36.6 Å². The highest BCUT2D eigenvalue weighted by atomic mass is 79.9. The molecule has 0 bridgehead atoms. The summed E-state index contributed by atoms with van der Waals surface area (Å²) in [5, 5.41) is 0.546. The molecule has 1 aliphatic rings. The zero-order valence-electron chi connectivity index (χ0n) is 10.3.